The Morgan fingerprint density at radius 2 is 1.89 bits per heavy atom. The highest BCUT2D eigenvalue weighted by atomic mass is 32.2. The number of fused-ring (bicyclic) bond motifs is 2. The first kappa shape index (κ1) is 31.9. The van der Waals surface area contributed by atoms with Gasteiger partial charge in [0.15, 0.2) is 34.0 Å². The number of nitrogens with zero attached hydrogens (tertiary/aromatic N) is 6. The predicted octanol–water partition coefficient (Wildman–Crippen LogP) is 4.20. The summed E-state index contributed by atoms with van der Waals surface area (Å²) in [7, 11) is 0. The third kappa shape index (κ3) is 7.44. The van der Waals surface area contributed by atoms with Crippen molar-refractivity contribution >= 4 is 29.6 Å². The second-order valence-corrected chi connectivity index (χ2v) is 12.6. The molecule has 1 saturated heterocycles. The van der Waals surface area contributed by atoms with Crippen LogP contribution in [0.5, 0.6) is 11.5 Å². The molecule has 0 aromatic heterocycles. The Hall–Kier alpha value is -4.46. The summed E-state index contributed by atoms with van der Waals surface area (Å²) >= 11 is 1.18. The van der Waals surface area contributed by atoms with Crippen LogP contribution >= 0.6 is 11.8 Å². The van der Waals surface area contributed by atoms with Crippen molar-refractivity contribution in [2.45, 2.75) is 74.4 Å². The van der Waals surface area contributed by atoms with Gasteiger partial charge < -0.3 is 34.7 Å². The van der Waals surface area contributed by atoms with Gasteiger partial charge in [-0.3, -0.25) is 4.79 Å². The average Bonchev–Trinajstić information content (AvgIpc) is 3.61. The third-order valence-corrected chi connectivity index (χ3v) is 8.13. The molecular weight excluding hydrogens is 617 g/mol. The molecule has 3 N–H and O–H groups in total. The van der Waals surface area contributed by atoms with Crippen LogP contribution in [0.3, 0.4) is 0 Å². The standard InChI is InChI=1S/C28H31F3N8O5S/c1-27(2,3)44-26(41)36-21(28(29,30)31)24(40)38-7-4-15(5-8-38)6-9-39-13-34-22(33)20-23(39)37-25(35-20)45-19-11-18-17(42-14-43-18)10-16(19)12-32/h10-11,13,15,21H,4-9,14,33H2,1-3H3,(H,36,41). The predicted molar refractivity (Wildman–Crippen MR) is 153 cm³/mol. The molecule has 1 atom stereocenters. The number of ether oxygens (including phenoxy) is 3. The molecule has 1 unspecified atom stereocenters. The first-order chi connectivity index (χ1) is 21.2. The normalized spacial score (nSPS) is 16.0. The fourth-order valence-electron chi connectivity index (χ4n) is 4.99. The number of piperidine rings is 1. The number of likely N-dealkylation sites (tertiary alicyclic amines) is 1. The van der Waals surface area contributed by atoms with Gasteiger partial charge in [-0.1, -0.05) is 0 Å². The van der Waals surface area contributed by atoms with E-state index in [0.29, 0.717) is 64.4 Å². The molecule has 45 heavy (non-hydrogen) atoms. The molecule has 0 aliphatic carbocycles. The summed E-state index contributed by atoms with van der Waals surface area (Å²) in [6.45, 7) is 5.31. The Bertz CT molecular complexity index is 1590. The second kappa shape index (κ2) is 12.5. The Labute approximate surface area is 260 Å². The van der Waals surface area contributed by atoms with Gasteiger partial charge in [-0.05, 0) is 63.8 Å². The number of imidazole rings is 1. The van der Waals surface area contributed by atoms with Crippen molar-refractivity contribution < 1.29 is 37.0 Å². The lowest BCUT2D eigenvalue weighted by atomic mass is 9.93. The molecule has 0 spiro atoms. The van der Waals surface area contributed by atoms with Gasteiger partial charge in [-0.25, -0.2) is 19.7 Å². The van der Waals surface area contributed by atoms with Crippen molar-refractivity contribution in [3.05, 3.63) is 24.0 Å². The molecule has 13 nitrogen and oxygen atoms in total. The second-order valence-electron chi connectivity index (χ2n) is 11.6. The molecule has 5 rings (SSSR count). The number of nitriles is 1. The van der Waals surface area contributed by atoms with E-state index in [2.05, 4.69) is 21.0 Å². The SMILES string of the molecule is CC(C)(C)OC(=O)NC(C(=O)N1CCC(CCn2cnc(N)c3nc(Sc4cc5c(cc4C#N)OCO5)nc2-3)CC1)C(F)(F)F. The molecular formula is C28H31F3N8O5S. The number of rotatable bonds is 7. The highest BCUT2D eigenvalue weighted by molar-refractivity contribution is 7.99. The van der Waals surface area contributed by atoms with Crippen LogP contribution in [0.4, 0.5) is 23.8 Å². The minimum atomic E-state index is -4.98. The summed E-state index contributed by atoms with van der Waals surface area (Å²) in [5, 5.41) is 11.6. The lowest BCUT2D eigenvalue weighted by molar-refractivity contribution is -0.175. The molecule has 0 bridgehead atoms. The minimum absolute atomic E-state index is 0.0714. The average molecular weight is 649 g/mol. The first-order valence-electron chi connectivity index (χ1n) is 14.1. The van der Waals surface area contributed by atoms with E-state index in [-0.39, 0.29) is 31.6 Å². The maximum atomic E-state index is 13.7. The summed E-state index contributed by atoms with van der Waals surface area (Å²) in [6.07, 6.45) is -3.15. The Kier molecular flexibility index (Phi) is 8.88. The number of aryl methyl sites for hydroxylation is 1. The number of benzene rings is 1. The summed E-state index contributed by atoms with van der Waals surface area (Å²) in [4.78, 5) is 39.9. The van der Waals surface area contributed by atoms with Gasteiger partial charge in [0.2, 0.25) is 12.8 Å². The zero-order chi connectivity index (χ0) is 32.5. The summed E-state index contributed by atoms with van der Waals surface area (Å²) in [6, 6.07) is 2.74. The number of alkyl carbamates (subject to hydrolysis) is 1. The summed E-state index contributed by atoms with van der Waals surface area (Å²) in [5.74, 6) is 0.593. The Balaban J connectivity index is 1.21. The number of carbonyl (C=O) groups is 2. The van der Waals surface area contributed by atoms with Crippen LogP contribution in [0, 0.1) is 17.2 Å². The fraction of sp³-hybridized carbons (Fsp3) is 0.500. The van der Waals surface area contributed by atoms with Crippen LogP contribution in [0.1, 0.15) is 45.6 Å². The lowest BCUT2D eigenvalue weighted by Crippen LogP contribution is -2.57. The number of anilines is 1. The maximum absolute atomic E-state index is 13.7. The highest BCUT2D eigenvalue weighted by Gasteiger charge is 2.48. The van der Waals surface area contributed by atoms with Crippen LogP contribution in [0.25, 0.3) is 11.5 Å². The van der Waals surface area contributed by atoms with E-state index in [1.807, 2.05) is 0 Å². The van der Waals surface area contributed by atoms with Crippen LogP contribution in [0.2, 0.25) is 0 Å². The van der Waals surface area contributed by atoms with E-state index in [9.17, 15) is 28.0 Å². The van der Waals surface area contributed by atoms with Gasteiger partial charge in [0, 0.05) is 30.6 Å². The fourth-order valence-corrected chi connectivity index (χ4v) is 5.84. The van der Waals surface area contributed by atoms with Crippen molar-refractivity contribution in [3.63, 3.8) is 0 Å². The van der Waals surface area contributed by atoms with Gasteiger partial charge in [0.05, 0.1) is 11.9 Å². The van der Waals surface area contributed by atoms with E-state index in [4.69, 9.17) is 19.9 Å². The molecule has 4 heterocycles. The van der Waals surface area contributed by atoms with Gasteiger partial charge in [0.25, 0.3) is 5.91 Å². The number of nitrogens with one attached hydrogen (secondary N) is 1. The third-order valence-electron chi connectivity index (χ3n) is 7.21. The van der Waals surface area contributed by atoms with E-state index in [0.717, 1.165) is 4.90 Å². The number of aromatic nitrogens is 4. The van der Waals surface area contributed by atoms with Crippen molar-refractivity contribution in [1.29, 1.82) is 5.26 Å². The quantitative estimate of drug-likeness (QED) is 0.376. The molecule has 0 radical (unpaired) electrons. The molecule has 0 saturated carbocycles. The molecule has 1 aromatic rings. The monoisotopic (exact) mass is 648 g/mol. The molecule has 4 aliphatic heterocycles. The minimum Gasteiger partial charge on any atom is -0.454 e. The van der Waals surface area contributed by atoms with Crippen LogP contribution in [0.15, 0.2) is 28.5 Å². The number of hydrogen-bond donors (Lipinski definition) is 2. The maximum Gasteiger partial charge on any atom is 0.417 e. The topological polar surface area (TPSA) is 171 Å². The number of carbonyl (C=O) groups excluding carboxylic acids is 2. The Morgan fingerprint density at radius 3 is 2.53 bits per heavy atom. The van der Waals surface area contributed by atoms with E-state index in [1.165, 1.54) is 32.5 Å². The summed E-state index contributed by atoms with van der Waals surface area (Å²) < 4.78 is 58.6. The van der Waals surface area contributed by atoms with Crippen LogP contribution in [-0.2, 0) is 16.1 Å². The van der Waals surface area contributed by atoms with E-state index in [1.54, 1.807) is 28.3 Å². The number of amides is 2. The zero-order valence-corrected chi connectivity index (χ0v) is 25.5. The van der Waals surface area contributed by atoms with Crippen LogP contribution in [-0.4, -0.2) is 74.1 Å². The zero-order valence-electron chi connectivity index (χ0n) is 24.7. The van der Waals surface area contributed by atoms with Gasteiger partial charge in [-0.15, -0.1) is 0 Å². The number of halogens is 3. The van der Waals surface area contributed by atoms with Crippen molar-refractivity contribution in [1.82, 2.24) is 29.7 Å². The van der Waals surface area contributed by atoms with Crippen molar-refractivity contribution in [2.75, 3.05) is 25.6 Å². The summed E-state index contributed by atoms with van der Waals surface area (Å²) in [5.41, 5.74) is 5.84. The Morgan fingerprint density at radius 1 is 1.20 bits per heavy atom. The molecule has 2 amide bonds. The van der Waals surface area contributed by atoms with Gasteiger partial charge in [-0.2, -0.15) is 18.4 Å². The van der Waals surface area contributed by atoms with Gasteiger partial charge >= 0.3 is 12.3 Å². The smallest absolute Gasteiger partial charge is 0.417 e. The van der Waals surface area contributed by atoms with Crippen LogP contribution < -0.4 is 20.5 Å². The van der Waals surface area contributed by atoms with E-state index < -0.39 is 29.8 Å². The van der Waals surface area contributed by atoms with Crippen molar-refractivity contribution in [3.8, 4) is 29.1 Å². The number of alkyl halides is 3. The molecule has 1 aromatic carbocycles. The highest BCUT2D eigenvalue weighted by Crippen LogP contribution is 2.41. The van der Waals surface area contributed by atoms with E-state index >= 15 is 0 Å². The molecule has 240 valence electrons. The number of hydrogen-bond acceptors (Lipinski definition) is 11. The molecule has 1 fully saturated rings. The molecule has 4 aliphatic rings. The lowest BCUT2D eigenvalue weighted by Gasteiger charge is -2.35. The van der Waals surface area contributed by atoms with Crippen molar-refractivity contribution in [2.24, 2.45) is 5.92 Å². The van der Waals surface area contributed by atoms with Gasteiger partial charge in [0.1, 0.15) is 11.7 Å². The number of nitrogen functional groups attached to an aromatic ring is 1. The first-order valence-corrected chi connectivity index (χ1v) is 14.9. The largest absolute Gasteiger partial charge is 0.454 e. The number of nitrogens with two attached hydrogens (primary N) is 1. The molecule has 17 heteroatoms.